The van der Waals surface area contributed by atoms with Crippen LogP contribution < -0.4 is 0 Å². The lowest BCUT2D eigenvalue weighted by atomic mass is 9.92. The fourth-order valence-corrected chi connectivity index (χ4v) is 3.37. The summed E-state index contributed by atoms with van der Waals surface area (Å²) in [5.41, 5.74) is 1.06. The Bertz CT molecular complexity index is 770. The van der Waals surface area contributed by atoms with Gasteiger partial charge >= 0.3 is 6.09 Å². The van der Waals surface area contributed by atoms with Gasteiger partial charge in [0, 0.05) is 18.0 Å². The lowest BCUT2D eigenvalue weighted by Gasteiger charge is -2.31. The molecule has 1 aliphatic rings. The van der Waals surface area contributed by atoms with Crippen LogP contribution in [0.1, 0.15) is 38.3 Å². The van der Waals surface area contributed by atoms with Gasteiger partial charge in [-0.1, -0.05) is 54.1 Å². The maximum absolute atomic E-state index is 12.5. The second-order valence-electron chi connectivity index (χ2n) is 7.93. The SMILES string of the molecule is CC(C)(C)OC(=O)N1CCC(OCc2ccc(Cl)cc2)(c2ccccc2)C1. The van der Waals surface area contributed by atoms with Crippen molar-refractivity contribution in [3.05, 3.63) is 70.7 Å². The molecule has 1 atom stereocenters. The molecule has 5 heteroatoms. The smallest absolute Gasteiger partial charge is 0.410 e. The van der Waals surface area contributed by atoms with E-state index in [2.05, 4.69) is 12.1 Å². The van der Waals surface area contributed by atoms with Crippen molar-refractivity contribution in [3.8, 4) is 0 Å². The third-order valence-electron chi connectivity index (χ3n) is 4.61. The van der Waals surface area contributed by atoms with Gasteiger partial charge in [-0.2, -0.15) is 0 Å². The van der Waals surface area contributed by atoms with Gasteiger partial charge in [0.05, 0.1) is 13.2 Å². The summed E-state index contributed by atoms with van der Waals surface area (Å²) in [5, 5.41) is 0.702. The van der Waals surface area contributed by atoms with Gasteiger partial charge in [0.15, 0.2) is 0 Å². The summed E-state index contributed by atoms with van der Waals surface area (Å²) < 4.78 is 12.0. The predicted octanol–water partition coefficient (Wildman–Crippen LogP) is 5.39. The largest absolute Gasteiger partial charge is 0.444 e. The minimum absolute atomic E-state index is 0.296. The Hall–Kier alpha value is -2.04. The standard InChI is InChI=1S/C22H26ClNO3/c1-21(2,3)27-20(25)24-14-13-22(16-24,18-7-5-4-6-8-18)26-15-17-9-11-19(23)12-10-17/h4-12H,13-16H2,1-3H3. The lowest BCUT2D eigenvalue weighted by Crippen LogP contribution is -2.39. The molecule has 0 saturated carbocycles. The van der Waals surface area contributed by atoms with Crippen molar-refractivity contribution in [1.29, 1.82) is 0 Å². The normalized spacial score (nSPS) is 19.9. The van der Waals surface area contributed by atoms with Crippen molar-refractivity contribution < 1.29 is 14.3 Å². The van der Waals surface area contributed by atoms with E-state index in [0.29, 0.717) is 24.7 Å². The molecular weight excluding hydrogens is 362 g/mol. The van der Waals surface area contributed by atoms with Crippen molar-refractivity contribution in [1.82, 2.24) is 4.90 Å². The number of halogens is 1. The Kier molecular flexibility index (Phi) is 5.78. The van der Waals surface area contributed by atoms with E-state index < -0.39 is 11.2 Å². The number of ether oxygens (including phenoxy) is 2. The molecule has 0 N–H and O–H groups in total. The highest BCUT2D eigenvalue weighted by Gasteiger charge is 2.43. The molecule has 144 valence electrons. The Morgan fingerprint density at radius 2 is 1.78 bits per heavy atom. The molecule has 2 aromatic carbocycles. The van der Waals surface area contributed by atoms with E-state index in [9.17, 15) is 4.79 Å². The summed E-state index contributed by atoms with van der Waals surface area (Å²) in [5.74, 6) is 0. The molecule has 0 radical (unpaired) electrons. The van der Waals surface area contributed by atoms with Crippen LogP contribution in [0.4, 0.5) is 4.79 Å². The first-order valence-corrected chi connectivity index (χ1v) is 9.57. The van der Waals surface area contributed by atoms with Crippen molar-refractivity contribution >= 4 is 17.7 Å². The minimum atomic E-state index is -0.544. The van der Waals surface area contributed by atoms with Crippen LogP contribution in [0.15, 0.2) is 54.6 Å². The zero-order valence-electron chi connectivity index (χ0n) is 16.1. The number of nitrogens with zero attached hydrogens (tertiary/aromatic N) is 1. The Morgan fingerprint density at radius 3 is 2.41 bits per heavy atom. The molecule has 1 heterocycles. The van der Waals surface area contributed by atoms with Gasteiger partial charge in [0.25, 0.3) is 0 Å². The van der Waals surface area contributed by atoms with Crippen LogP contribution in [0.3, 0.4) is 0 Å². The third-order valence-corrected chi connectivity index (χ3v) is 4.86. The number of hydrogen-bond donors (Lipinski definition) is 0. The van der Waals surface area contributed by atoms with Crippen LogP contribution in [0, 0.1) is 0 Å². The van der Waals surface area contributed by atoms with E-state index in [1.54, 1.807) is 4.90 Å². The average Bonchev–Trinajstić information content (AvgIpc) is 3.07. The monoisotopic (exact) mass is 387 g/mol. The van der Waals surface area contributed by atoms with Crippen LogP contribution >= 0.6 is 11.6 Å². The summed E-state index contributed by atoms with van der Waals surface area (Å²) >= 11 is 5.97. The number of carbonyl (C=O) groups excluding carboxylic acids is 1. The third kappa shape index (κ3) is 5.02. The van der Waals surface area contributed by atoms with Gasteiger partial charge < -0.3 is 14.4 Å². The lowest BCUT2D eigenvalue weighted by molar-refractivity contribution is -0.0554. The number of likely N-dealkylation sites (tertiary alicyclic amines) is 1. The highest BCUT2D eigenvalue weighted by Crippen LogP contribution is 2.37. The second-order valence-corrected chi connectivity index (χ2v) is 8.36. The topological polar surface area (TPSA) is 38.8 Å². The van der Waals surface area contributed by atoms with E-state index in [1.165, 1.54) is 0 Å². The fraction of sp³-hybridized carbons (Fsp3) is 0.409. The van der Waals surface area contributed by atoms with E-state index in [0.717, 1.165) is 17.5 Å². The van der Waals surface area contributed by atoms with Crippen molar-refractivity contribution in [2.75, 3.05) is 13.1 Å². The molecule has 3 rings (SSSR count). The number of carbonyl (C=O) groups is 1. The number of amides is 1. The first-order chi connectivity index (χ1) is 12.8. The molecule has 1 unspecified atom stereocenters. The second kappa shape index (κ2) is 7.91. The fourth-order valence-electron chi connectivity index (χ4n) is 3.25. The summed E-state index contributed by atoms with van der Waals surface area (Å²) in [7, 11) is 0. The van der Waals surface area contributed by atoms with Gasteiger partial charge in [-0.05, 0) is 44.0 Å². The highest BCUT2D eigenvalue weighted by molar-refractivity contribution is 6.30. The van der Waals surface area contributed by atoms with Crippen LogP contribution in [-0.2, 0) is 21.7 Å². The van der Waals surface area contributed by atoms with Gasteiger partial charge in [0.2, 0.25) is 0 Å². The first kappa shape index (κ1) is 19.7. The minimum Gasteiger partial charge on any atom is -0.444 e. The Balaban J connectivity index is 1.78. The first-order valence-electron chi connectivity index (χ1n) is 9.19. The van der Waals surface area contributed by atoms with Crippen LogP contribution in [-0.4, -0.2) is 29.7 Å². The quantitative estimate of drug-likeness (QED) is 0.705. The number of rotatable bonds is 4. The van der Waals surface area contributed by atoms with Gasteiger partial charge in [-0.15, -0.1) is 0 Å². The molecule has 0 bridgehead atoms. The molecular formula is C22H26ClNO3. The highest BCUT2D eigenvalue weighted by atomic mass is 35.5. The molecule has 1 fully saturated rings. The van der Waals surface area contributed by atoms with Crippen molar-refractivity contribution in [2.24, 2.45) is 0 Å². The zero-order chi connectivity index (χ0) is 19.5. The Morgan fingerprint density at radius 1 is 1.11 bits per heavy atom. The summed E-state index contributed by atoms with van der Waals surface area (Å²) in [4.78, 5) is 14.3. The van der Waals surface area contributed by atoms with Crippen LogP contribution in [0.2, 0.25) is 5.02 Å². The molecule has 4 nitrogen and oxygen atoms in total. The summed E-state index contributed by atoms with van der Waals surface area (Å²) in [6.45, 7) is 7.16. The van der Waals surface area contributed by atoms with Gasteiger partial charge in [0.1, 0.15) is 11.2 Å². The Labute approximate surface area is 166 Å². The molecule has 0 spiro atoms. The number of hydrogen-bond acceptors (Lipinski definition) is 3. The summed E-state index contributed by atoms with van der Waals surface area (Å²) in [6.07, 6.45) is 0.430. The maximum atomic E-state index is 12.5. The van der Waals surface area contributed by atoms with Crippen molar-refractivity contribution in [2.45, 2.75) is 45.0 Å². The molecule has 0 aliphatic carbocycles. The van der Waals surface area contributed by atoms with E-state index in [4.69, 9.17) is 21.1 Å². The number of benzene rings is 2. The van der Waals surface area contributed by atoms with E-state index in [-0.39, 0.29) is 6.09 Å². The van der Waals surface area contributed by atoms with Gasteiger partial charge in [-0.25, -0.2) is 4.79 Å². The van der Waals surface area contributed by atoms with E-state index >= 15 is 0 Å². The van der Waals surface area contributed by atoms with E-state index in [1.807, 2.05) is 63.2 Å². The summed E-state index contributed by atoms with van der Waals surface area (Å²) in [6, 6.07) is 17.7. The van der Waals surface area contributed by atoms with Crippen LogP contribution in [0.5, 0.6) is 0 Å². The average molecular weight is 388 g/mol. The predicted molar refractivity (Wildman–Crippen MR) is 107 cm³/mol. The van der Waals surface area contributed by atoms with Crippen molar-refractivity contribution in [3.63, 3.8) is 0 Å². The van der Waals surface area contributed by atoms with Crippen LogP contribution in [0.25, 0.3) is 0 Å². The molecule has 1 amide bonds. The molecule has 1 saturated heterocycles. The van der Waals surface area contributed by atoms with Gasteiger partial charge in [-0.3, -0.25) is 0 Å². The molecule has 27 heavy (non-hydrogen) atoms. The molecule has 1 aliphatic heterocycles. The molecule has 2 aromatic rings. The maximum Gasteiger partial charge on any atom is 0.410 e. The molecule has 0 aromatic heterocycles. The zero-order valence-corrected chi connectivity index (χ0v) is 16.8.